The highest BCUT2D eigenvalue weighted by Crippen LogP contribution is 2.41. The van der Waals surface area contributed by atoms with Crippen molar-refractivity contribution in [2.24, 2.45) is 5.73 Å². The lowest BCUT2D eigenvalue weighted by Gasteiger charge is -2.37. The number of aryl methyl sites for hydroxylation is 1. The minimum Gasteiger partial charge on any atom is -0.321 e. The SMILES string of the molecule is CCCc1ccc(C2(N)CCC2)s1. The molecule has 0 saturated heterocycles. The van der Waals surface area contributed by atoms with Crippen LogP contribution in [0.25, 0.3) is 0 Å². The Bertz CT molecular complexity index is 286. The van der Waals surface area contributed by atoms with E-state index in [0.29, 0.717) is 0 Å². The van der Waals surface area contributed by atoms with Gasteiger partial charge >= 0.3 is 0 Å². The van der Waals surface area contributed by atoms with Crippen molar-refractivity contribution in [1.29, 1.82) is 0 Å². The number of thiophene rings is 1. The van der Waals surface area contributed by atoms with Gasteiger partial charge in [-0.05, 0) is 37.8 Å². The second kappa shape index (κ2) is 3.43. The Morgan fingerprint density at radius 1 is 1.46 bits per heavy atom. The summed E-state index contributed by atoms with van der Waals surface area (Å²) in [7, 11) is 0. The van der Waals surface area contributed by atoms with E-state index < -0.39 is 0 Å². The first-order valence-corrected chi connectivity index (χ1v) is 5.94. The maximum absolute atomic E-state index is 6.24. The molecular weight excluding hydrogens is 178 g/mol. The van der Waals surface area contributed by atoms with Gasteiger partial charge in [0.15, 0.2) is 0 Å². The lowest BCUT2D eigenvalue weighted by molar-refractivity contribution is 0.259. The molecule has 0 radical (unpaired) electrons. The third-order valence-electron chi connectivity index (χ3n) is 2.89. The molecule has 0 amide bonds. The van der Waals surface area contributed by atoms with E-state index in [9.17, 15) is 0 Å². The van der Waals surface area contributed by atoms with Crippen LogP contribution in [0.15, 0.2) is 12.1 Å². The molecule has 1 heterocycles. The molecule has 0 aromatic carbocycles. The smallest absolute Gasteiger partial charge is 0.0503 e. The van der Waals surface area contributed by atoms with E-state index in [1.807, 2.05) is 11.3 Å². The highest BCUT2D eigenvalue weighted by molar-refractivity contribution is 7.12. The summed E-state index contributed by atoms with van der Waals surface area (Å²) in [5, 5.41) is 0. The van der Waals surface area contributed by atoms with Crippen molar-refractivity contribution < 1.29 is 0 Å². The van der Waals surface area contributed by atoms with Gasteiger partial charge in [0, 0.05) is 9.75 Å². The van der Waals surface area contributed by atoms with Crippen LogP contribution in [-0.2, 0) is 12.0 Å². The Hall–Kier alpha value is -0.340. The van der Waals surface area contributed by atoms with Crippen molar-refractivity contribution in [3.8, 4) is 0 Å². The predicted molar refractivity (Wildman–Crippen MR) is 58.0 cm³/mol. The third-order valence-corrected chi connectivity index (χ3v) is 4.26. The van der Waals surface area contributed by atoms with E-state index in [-0.39, 0.29) is 5.54 Å². The fraction of sp³-hybridized carbons (Fsp3) is 0.636. The topological polar surface area (TPSA) is 26.0 Å². The number of rotatable bonds is 3. The molecule has 2 rings (SSSR count). The molecule has 1 aliphatic rings. The number of nitrogens with two attached hydrogens (primary N) is 1. The minimum absolute atomic E-state index is 0.0522. The van der Waals surface area contributed by atoms with Gasteiger partial charge in [-0.15, -0.1) is 11.3 Å². The molecule has 1 aliphatic carbocycles. The minimum atomic E-state index is 0.0522. The van der Waals surface area contributed by atoms with Gasteiger partial charge in [0.1, 0.15) is 0 Å². The first-order chi connectivity index (χ1) is 6.24. The van der Waals surface area contributed by atoms with E-state index in [2.05, 4.69) is 19.1 Å². The Labute approximate surface area is 84.0 Å². The van der Waals surface area contributed by atoms with E-state index in [1.54, 1.807) is 0 Å². The molecule has 0 spiro atoms. The zero-order valence-corrected chi connectivity index (χ0v) is 8.99. The third kappa shape index (κ3) is 1.65. The van der Waals surface area contributed by atoms with E-state index in [0.717, 1.165) is 0 Å². The Kier molecular flexibility index (Phi) is 2.43. The molecule has 1 aromatic heterocycles. The molecule has 0 bridgehead atoms. The molecule has 2 N–H and O–H groups in total. The molecule has 1 fully saturated rings. The lowest BCUT2D eigenvalue weighted by Crippen LogP contribution is -2.42. The van der Waals surface area contributed by atoms with Crippen LogP contribution in [0.2, 0.25) is 0 Å². The van der Waals surface area contributed by atoms with Gasteiger partial charge in [0.2, 0.25) is 0 Å². The molecule has 1 saturated carbocycles. The maximum atomic E-state index is 6.24. The quantitative estimate of drug-likeness (QED) is 0.788. The number of hydrogen-bond acceptors (Lipinski definition) is 2. The molecule has 1 nitrogen and oxygen atoms in total. The summed E-state index contributed by atoms with van der Waals surface area (Å²) in [6.07, 6.45) is 6.11. The van der Waals surface area contributed by atoms with Crippen molar-refractivity contribution in [1.82, 2.24) is 0 Å². The van der Waals surface area contributed by atoms with Gasteiger partial charge in [0.05, 0.1) is 5.54 Å². The lowest BCUT2D eigenvalue weighted by atomic mass is 9.77. The van der Waals surface area contributed by atoms with Crippen LogP contribution in [0.3, 0.4) is 0 Å². The summed E-state index contributed by atoms with van der Waals surface area (Å²) < 4.78 is 0. The largest absolute Gasteiger partial charge is 0.321 e. The summed E-state index contributed by atoms with van der Waals surface area (Å²) in [4.78, 5) is 2.90. The normalized spacial score (nSPS) is 19.8. The van der Waals surface area contributed by atoms with Gasteiger partial charge in [-0.2, -0.15) is 0 Å². The summed E-state index contributed by atoms with van der Waals surface area (Å²) in [6, 6.07) is 4.48. The fourth-order valence-corrected chi connectivity index (χ4v) is 3.10. The van der Waals surface area contributed by atoms with Crippen molar-refractivity contribution in [3.63, 3.8) is 0 Å². The summed E-state index contributed by atoms with van der Waals surface area (Å²) >= 11 is 1.92. The van der Waals surface area contributed by atoms with Crippen LogP contribution < -0.4 is 5.73 Å². The van der Waals surface area contributed by atoms with Crippen LogP contribution in [-0.4, -0.2) is 0 Å². The zero-order chi connectivity index (χ0) is 9.31. The first kappa shape index (κ1) is 9.22. The van der Waals surface area contributed by atoms with Crippen LogP contribution in [0.1, 0.15) is 42.4 Å². The van der Waals surface area contributed by atoms with Crippen molar-refractivity contribution in [2.45, 2.75) is 44.6 Å². The highest BCUT2D eigenvalue weighted by Gasteiger charge is 2.35. The molecule has 0 atom stereocenters. The van der Waals surface area contributed by atoms with Crippen LogP contribution >= 0.6 is 11.3 Å². The predicted octanol–water partition coefficient (Wildman–Crippen LogP) is 3.04. The molecule has 1 aromatic rings. The van der Waals surface area contributed by atoms with Gasteiger partial charge in [0.25, 0.3) is 0 Å². The van der Waals surface area contributed by atoms with Gasteiger partial charge in [-0.25, -0.2) is 0 Å². The van der Waals surface area contributed by atoms with Crippen LogP contribution in [0.5, 0.6) is 0 Å². The Balaban J connectivity index is 2.12. The van der Waals surface area contributed by atoms with Crippen molar-refractivity contribution >= 4 is 11.3 Å². The summed E-state index contributed by atoms with van der Waals surface area (Å²) in [5.74, 6) is 0. The fourth-order valence-electron chi connectivity index (χ4n) is 1.83. The van der Waals surface area contributed by atoms with Crippen LogP contribution in [0.4, 0.5) is 0 Å². The number of hydrogen-bond donors (Lipinski definition) is 1. The van der Waals surface area contributed by atoms with Gasteiger partial charge in [-0.1, -0.05) is 13.3 Å². The monoisotopic (exact) mass is 195 g/mol. The van der Waals surface area contributed by atoms with Crippen LogP contribution in [0, 0.1) is 0 Å². The second-order valence-corrected chi connectivity index (χ2v) is 5.19. The average Bonchev–Trinajstić information content (AvgIpc) is 2.50. The summed E-state index contributed by atoms with van der Waals surface area (Å²) in [6.45, 7) is 2.22. The molecule has 0 unspecified atom stereocenters. The van der Waals surface area contributed by atoms with Crippen molar-refractivity contribution in [2.75, 3.05) is 0 Å². The highest BCUT2D eigenvalue weighted by atomic mass is 32.1. The van der Waals surface area contributed by atoms with E-state index in [4.69, 9.17) is 5.73 Å². The standard InChI is InChI=1S/C11H17NS/c1-2-4-9-5-6-10(13-9)11(12)7-3-8-11/h5-6H,2-4,7-8,12H2,1H3. The van der Waals surface area contributed by atoms with Gasteiger partial charge in [-0.3, -0.25) is 0 Å². The Morgan fingerprint density at radius 2 is 2.23 bits per heavy atom. The van der Waals surface area contributed by atoms with E-state index >= 15 is 0 Å². The molecular formula is C11H17NS. The van der Waals surface area contributed by atoms with Crippen molar-refractivity contribution in [3.05, 3.63) is 21.9 Å². The molecule has 72 valence electrons. The molecule has 13 heavy (non-hydrogen) atoms. The zero-order valence-electron chi connectivity index (χ0n) is 8.18. The van der Waals surface area contributed by atoms with Gasteiger partial charge < -0.3 is 5.73 Å². The maximum Gasteiger partial charge on any atom is 0.0503 e. The second-order valence-electron chi connectivity index (χ2n) is 4.03. The van der Waals surface area contributed by atoms with E-state index in [1.165, 1.54) is 41.9 Å². The molecule has 2 heteroatoms. The Morgan fingerprint density at radius 3 is 2.77 bits per heavy atom. The molecule has 0 aliphatic heterocycles. The average molecular weight is 195 g/mol. The summed E-state index contributed by atoms with van der Waals surface area (Å²) in [5.41, 5.74) is 6.30. The first-order valence-electron chi connectivity index (χ1n) is 5.13.